The van der Waals surface area contributed by atoms with Gasteiger partial charge in [-0.2, -0.15) is 0 Å². The van der Waals surface area contributed by atoms with E-state index in [4.69, 9.17) is 0 Å². The summed E-state index contributed by atoms with van der Waals surface area (Å²) in [6.07, 6.45) is 0. The molecule has 12 heavy (non-hydrogen) atoms. The molecule has 0 saturated heterocycles. The molecule has 1 aliphatic heterocycles. The van der Waals surface area contributed by atoms with Gasteiger partial charge in [-0.3, -0.25) is 10.1 Å². The first-order valence-corrected chi connectivity index (χ1v) is 4.86. The van der Waals surface area contributed by atoms with Gasteiger partial charge in [0.25, 0.3) is 0 Å². The van der Waals surface area contributed by atoms with Gasteiger partial charge in [0.15, 0.2) is 0 Å². The van der Waals surface area contributed by atoms with Crippen LogP contribution in [0.1, 0.15) is 5.56 Å². The summed E-state index contributed by atoms with van der Waals surface area (Å²) in [6, 6.07) is 7.25. The number of fused-ring (bicyclic) bond motifs is 1. The van der Waals surface area contributed by atoms with Crippen LogP contribution >= 0.6 is 0 Å². The third-order valence-corrected chi connectivity index (χ3v) is 3.35. The highest BCUT2D eigenvalue weighted by Crippen LogP contribution is 2.02. The summed E-state index contributed by atoms with van der Waals surface area (Å²) < 4.78 is -0.260. The topological polar surface area (TPSA) is 43.1 Å². The molecule has 0 spiro atoms. The fourth-order valence-electron chi connectivity index (χ4n) is 1.14. The van der Waals surface area contributed by atoms with E-state index in [1.165, 1.54) is 0 Å². The first-order valence-electron chi connectivity index (χ1n) is 3.42. The SMILES string of the molecule is O=[N+]([O-])[Si]1C#Cc2ccccc21. The van der Waals surface area contributed by atoms with Gasteiger partial charge in [-0.25, -0.2) is 0 Å². The minimum Gasteiger partial charge on any atom is -0.288 e. The van der Waals surface area contributed by atoms with Crippen molar-refractivity contribution in [2.45, 2.75) is 0 Å². The third kappa shape index (κ3) is 0.916. The van der Waals surface area contributed by atoms with Crippen LogP contribution in [-0.4, -0.2) is 13.5 Å². The number of rotatable bonds is 1. The molecule has 57 valence electrons. The predicted molar refractivity (Wildman–Crippen MR) is 45.7 cm³/mol. The zero-order valence-electron chi connectivity index (χ0n) is 6.07. The quantitative estimate of drug-likeness (QED) is 0.261. The van der Waals surface area contributed by atoms with Crippen LogP contribution < -0.4 is 5.19 Å². The standard InChI is InChI=1S/C8H4NO2Si/c10-9(11)12-6-5-7-3-1-2-4-8(7)12/h1-4H. The molecule has 1 heterocycles. The molecule has 0 N–H and O–H groups in total. The Bertz CT molecular complexity index is 405. The molecule has 0 fully saturated rings. The zero-order chi connectivity index (χ0) is 8.55. The van der Waals surface area contributed by atoms with Crippen LogP contribution in [0.5, 0.6) is 0 Å². The average molecular weight is 174 g/mol. The Labute approximate surface area is 70.9 Å². The number of hydrogen-bond acceptors (Lipinski definition) is 2. The van der Waals surface area contributed by atoms with Crippen molar-refractivity contribution in [1.29, 1.82) is 0 Å². The van der Waals surface area contributed by atoms with E-state index in [1.54, 1.807) is 6.07 Å². The Hall–Kier alpha value is -1.60. The van der Waals surface area contributed by atoms with Gasteiger partial charge in [-0.1, -0.05) is 24.1 Å². The fourth-order valence-corrected chi connectivity index (χ4v) is 2.47. The lowest BCUT2D eigenvalue weighted by molar-refractivity contribution is -0.325. The lowest BCUT2D eigenvalue weighted by atomic mass is 10.2. The number of hydrogen-bond donors (Lipinski definition) is 0. The number of nitro groups is 1. The summed E-state index contributed by atoms with van der Waals surface area (Å²) in [5.74, 6) is 2.79. The van der Waals surface area contributed by atoms with E-state index in [2.05, 4.69) is 11.5 Å². The van der Waals surface area contributed by atoms with Gasteiger partial charge in [0.05, 0.1) is 0 Å². The van der Waals surface area contributed by atoms with Crippen LogP contribution in [0, 0.1) is 21.6 Å². The maximum Gasteiger partial charge on any atom is 0.614 e. The van der Waals surface area contributed by atoms with Crippen molar-refractivity contribution in [2.24, 2.45) is 0 Å². The van der Waals surface area contributed by atoms with E-state index in [-0.39, 0.29) is 4.59 Å². The molecule has 0 bridgehead atoms. The highest BCUT2D eigenvalue weighted by Gasteiger charge is 2.35. The van der Waals surface area contributed by atoms with E-state index in [0.717, 1.165) is 10.8 Å². The van der Waals surface area contributed by atoms with Gasteiger partial charge >= 0.3 is 8.96 Å². The molecule has 0 atom stereocenters. The number of nitrogens with zero attached hydrogens (tertiary/aromatic N) is 1. The summed E-state index contributed by atoms with van der Waals surface area (Å²) >= 11 is 0. The van der Waals surface area contributed by atoms with Crippen LogP contribution in [-0.2, 0) is 0 Å². The van der Waals surface area contributed by atoms with E-state index < -0.39 is 8.96 Å². The lowest BCUT2D eigenvalue weighted by Gasteiger charge is -1.95. The summed E-state index contributed by atoms with van der Waals surface area (Å²) in [6.45, 7) is 0. The van der Waals surface area contributed by atoms with Crippen molar-refractivity contribution in [2.75, 3.05) is 0 Å². The largest absolute Gasteiger partial charge is 0.614 e. The molecule has 0 aromatic heterocycles. The van der Waals surface area contributed by atoms with Crippen molar-refractivity contribution in [3.63, 3.8) is 0 Å². The Morgan fingerprint density at radius 1 is 1.42 bits per heavy atom. The van der Waals surface area contributed by atoms with Crippen molar-refractivity contribution >= 4 is 14.1 Å². The van der Waals surface area contributed by atoms with Crippen molar-refractivity contribution in [1.82, 2.24) is 0 Å². The summed E-state index contributed by atoms with van der Waals surface area (Å²) in [5, 5.41) is 11.3. The molecule has 0 aliphatic carbocycles. The third-order valence-electron chi connectivity index (χ3n) is 1.68. The summed E-state index contributed by atoms with van der Waals surface area (Å²) in [7, 11) is -1.82. The molecule has 3 nitrogen and oxygen atoms in total. The molecule has 1 aromatic carbocycles. The Kier molecular flexibility index (Phi) is 1.45. The number of benzene rings is 1. The molecular formula is C8H4NO2Si. The van der Waals surface area contributed by atoms with Gasteiger partial charge in [0, 0.05) is 10.8 Å². The molecular weight excluding hydrogens is 170 g/mol. The smallest absolute Gasteiger partial charge is 0.288 e. The van der Waals surface area contributed by atoms with Crippen LogP contribution in [0.15, 0.2) is 24.3 Å². The van der Waals surface area contributed by atoms with Gasteiger partial charge in [-0.15, -0.1) is 0 Å². The zero-order valence-corrected chi connectivity index (χ0v) is 7.07. The average Bonchev–Trinajstić information content (AvgIpc) is 2.47. The van der Waals surface area contributed by atoms with E-state index >= 15 is 0 Å². The molecule has 2 rings (SSSR count). The molecule has 4 heteroatoms. The predicted octanol–water partition coefficient (Wildman–Crippen LogP) is 0.0661. The molecule has 1 radical (unpaired) electrons. The van der Waals surface area contributed by atoms with Crippen LogP contribution in [0.2, 0.25) is 0 Å². The van der Waals surface area contributed by atoms with E-state index in [1.807, 2.05) is 18.2 Å². The van der Waals surface area contributed by atoms with E-state index in [0.29, 0.717) is 0 Å². The molecule has 1 aromatic rings. The minimum absolute atomic E-state index is 0.260. The maximum absolute atomic E-state index is 10.5. The molecule has 0 unspecified atom stereocenters. The maximum atomic E-state index is 10.5. The van der Waals surface area contributed by atoms with Gasteiger partial charge < -0.3 is 0 Å². The second-order valence-corrected chi connectivity index (χ2v) is 4.25. The van der Waals surface area contributed by atoms with Gasteiger partial charge in [-0.05, 0) is 16.2 Å². The summed E-state index contributed by atoms with van der Waals surface area (Å²) in [4.78, 5) is 10.5. The van der Waals surface area contributed by atoms with Gasteiger partial charge in [0.2, 0.25) is 0 Å². The monoisotopic (exact) mass is 174 g/mol. The highest BCUT2D eigenvalue weighted by atomic mass is 28.3. The Balaban J connectivity index is 2.51. The minimum atomic E-state index is -1.82. The first-order chi connectivity index (χ1) is 5.79. The Morgan fingerprint density at radius 3 is 2.92 bits per heavy atom. The fraction of sp³-hybridized carbons (Fsp3) is 0. The van der Waals surface area contributed by atoms with Crippen molar-refractivity contribution < 1.29 is 4.59 Å². The molecule has 0 saturated carbocycles. The highest BCUT2D eigenvalue weighted by molar-refractivity contribution is 6.75. The second kappa shape index (κ2) is 2.46. The first kappa shape index (κ1) is 7.07. The second-order valence-electron chi connectivity index (χ2n) is 2.40. The lowest BCUT2D eigenvalue weighted by Crippen LogP contribution is -2.36. The van der Waals surface area contributed by atoms with Crippen molar-refractivity contribution in [3.8, 4) is 11.5 Å². The normalized spacial score (nSPS) is 13.3. The van der Waals surface area contributed by atoms with Crippen molar-refractivity contribution in [3.05, 3.63) is 39.9 Å². The Morgan fingerprint density at radius 2 is 2.17 bits per heavy atom. The van der Waals surface area contributed by atoms with Crippen LogP contribution in [0.4, 0.5) is 0 Å². The summed E-state index contributed by atoms with van der Waals surface area (Å²) in [5.41, 5.74) is 3.50. The van der Waals surface area contributed by atoms with Gasteiger partial charge in [0.1, 0.15) is 0 Å². The molecule has 0 amide bonds. The van der Waals surface area contributed by atoms with E-state index in [9.17, 15) is 10.1 Å². The molecule has 1 aliphatic rings. The van der Waals surface area contributed by atoms with Crippen LogP contribution in [0.3, 0.4) is 0 Å². The van der Waals surface area contributed by atoms with Crippen LogP contribution in [0.25, 0.3) is 0 Å².